The Balaban J connectivity index is 3.05. The van der Waals surface area contributed by atoms with E-state index in [4.69, 9.17) is 11.6 Å². The van der Waals surface area contributed by atoms with E-state index in [1.165, 1.54) is 32.2 Å². The highest BCUT2D eigenvalue weighted by Gasteiger charge is 2.21. The van der Waals surface area contributed by atoms with Crippen LogP contribution in [0, 0.1) is 10.1 Å². The number of nitro benzene ring substituents is 1. The summed E-state index contributed by atoms with van der Waals surface area (Å²) in [6.07, 6.45) is 0. The molecule has 7 heteroatoms. The predicted octanol–water partition coefficient (Wildman–Crippen LogP) is 2.22. The van der Waals surface area contributed by atoms with E-state index in [0.717, 1.165) is 0 Å². The van der Waals surface area contributed by atoms with Crippen molar-refractivity contribution in [1.82, 2.24) is 0 Å². The van der Waals surface area contributed by atoms with E-state index in [1.807, 2.05) is 0 Å². The van der Waals surface area contributed by atoms with Crippen LogP contribution in [-0.4, -0.2) is 24.0 Å². The molecule has 0 radical (unpaired) electrons. The lowest BCUT2D eigenvalue weighted by Crippen LogP contribution is -2.27. The number of benzene rings is 1. The summed E-state index contributed by atoms with van der Waals surface area (Å²) in [6.45, 7) is 1.53. The average molecular weight is 259 g/mol. The number of hydrogen-bond acceptors (Lipinski definition) is 5. The zero-order chi connectivity index (χ0) is 13.0. The fourth-order valence-electron chi connectivity index (χ4n) is 1.26. The first-order valence-corrected chi connectivity index (χ1v) is 5.12. The second kappa shape index (κ2) is 5.49. The number of nitrogens with one attached hydrogen (secondary N) is 1. The van der Waals surface area contributed by atoms with Gasteiger partial charge in [-0.2, -0.15) is 0 Å². The van der Waals surface area contributed by atoms with Gasteiger partial charge in [-0.05, 0) is 13.0 Å². The van der Waals surface area contributed by atoms with Crippen molar-refractivity contribution in [1.29, 1.82) is 0 Å². The number of hydrogen-bond donors (Lipinski definition) is 1. The van der Waals surface area contributed by atoms with Crippen molar-refractivity contribution in [3.63, 3.8) is 0 Å². The summed E-state index contributed by atoms with van der Waals surface area (Å²) in [6, 6.07) is 3.55. The molecule has 1 aromatic rings. The van der Waals surface area contributed by atoms with Crippen LogP contribution in [0.5, 0.6) is 0 Å². The summed E-state index contributed by atoms with van der Waals surface area (Å²) in [5, 5.41) is 13.6. The number of anilines is 1. The van der Waals surface area contributed by atoms with Crippen LogP contribution in [0.2, 0.25) is 5.02 Å². The molecule has 1 unspecified atom stereocenters. The Morgan fingerprint density at radius 1 is 1.59 bits per heavy atom. The number of carbonyl (C=O) groups is 1. The van der Waals surface area contributed by atoms with Crippen LogP contribution in [-0.2, 0) is 9.53 Å². The maximum Gasteiger partial charge on any atom is 0.327 e. The molecule has 1 rings (SSSR count). The van der Waals surface area contributed by atoms with Crippen molar-refractivity contribution >= 4 is 28.9 Å². The van der Waals surface area contributed by atoms with Gasteiger partial charge in [0.2, 0.25) is 0 Å². The average Bonchev–Trinajstić information content (AvgIpc) is 2.30. The van der Waals surface area contributed by atoms with Crippen molar-refractivity contribution in [2.24, 2.45) is 0 Å². The fourth-order valence-corrected chi connectivity index (χ4v) is 1.48. The number of ether oxygens (including phenoxy) is 1. The molecule has 0 fully saturated rings. The van der Waals surface area contributed by atoms with Crippen LogP contribution in [0.25, 0.3) is 0 Å². The molecule has 0 spiro atoms. The van der Waals surface area contributed by atoms with Crippen LogP contribution in [0.4, 0.5) is 11.4 Å². The minimum Gasteiger partial charge on any atom is -0.467 e. The van der Waals surface area contributed by atoms with Gasteiger partial charge in [0, 0.05) is 6.07 Å². The van der Waals surface area contributed by atoms with Gasteiger partial charge in [-0.15, -0.1) is 0 Å². The largest absolute Gasteiger partial charge is 0.467 e. The Kier molecular flexibility index (Phi) is 4.28. The number of nitrogens with zero attached hydrogens (tertiary/aromatic N) is 1. The zero-order valence-electron chi connectivity index (χ0n) is 9.27. The number of halogens is 1. The van der Waals surface area contributed by atoms with Crippen molar-refractivity contribution in [2.45, 2.75) is 13.0 Å². The second-order valence-corrected chi connectivity index (χ2v) is 3.69. The highest BCUT2D eigenvalue weighted by Crippen LogP contribution is 2.32. The van der Waals surface area contributed by atoms with Gasteiger partial charge in [-0.25, -0.2) is 4.79 Å². The Hall–Kier alpha value is -1.82. The highest BCUT2D eigenvalue weighted by molar-refractivity contribution is 6.33. The number of para-hydroxylation sites is 1. The molecule has 0 saturated carbocycles. The molecular formula is C10H11ClN2O4. The zero-order valence-corrected chi connectivity index (χ0v) is 10.0. The second-order valence-electron chi connectivity index (χ2n) is 3.28. The van der Waals surface area contributed by atoms with E-state index in [2.05, 4.69) is 10.1 Å². The molecule has 1 aromatic carbocycles. The number of methoxy groups -OCH3 is 1. The standard InChI is InChI=1S/C10H11ClN2O4/c1-6(10(14)17-2)12-9-7(11)4-3-5-8(9)13(15)16/h3-6,12H,1-2H3. The first-order chi connectivity index (χ1) is 7.97. The molecule has 6 nitrogen and oxygen atoms in total. The Labute approximate surface area is 103 Å². The van der Waals surface area contributed by atoms with E-state index in [0.29, 0.717) is 0 Å². The molecule has 0 saturated heterocycles. The smallest absolute Gasteiger partial charge is 0.327 e. The first-order valence-electron chi connectivity index (χ1n) is 4.74. The van der Waals surface area contributed by atoms with E-state index >= 15 is 0 Å². The topological polar surface area (TPSA) is 81.5 Å². The predicted molar refractivity (Wildman–Crippen MR) is 63.2 cm³/mol. The summed E-state index contributed by atoms with van der Waals surface area (Å²) in [5.74, 6) is -0.529. The Morgan fingerprint density at radius 2 is 2.24 bits per heavy atom. The van der Waals surface area contributed by atoms with Crippen molar-refractivity contribution in [2.75, 3.05) is 12.4 Å². The third-order valence-corrected chi connectivity index (χ3v) is 2.42. The summed E-state index contributed by atoms with van der Waals surface area (Å²) in [4.78, 5) is 21.4. The van der Waals surface area contributed by atoms with Crippen LogP contribution < -0.4 is 5.32 Å². The molecule has 1 atom stereocenters. The van der Waals surface area contributed by atoms with Crippen molar-refractivity contribution in [3.05, 3.63) is 33.3 Å². The molecule has 17 heavy (non-hydrogen) atoms. The van der Waals surface area contributed by atoms with Gasteiger partial charge in [0.15, 0.2) is 0 Å². The van der Waals surface area contributed by atoms with Crippen molar-refractivity contribution in [3.8, 4) is 0 Å². The molecule has 0 aliphatic rings. The first kappa shape index (κ1) is 13.2. The van der Waals surface area contributed by atoms with E-state index < -0.39 is 16.9 Å². The molecule has 0 heterocycles. The quantitative estimate of drug-likeness (QED) is 0.509. The maximum absolute atomic E-state index is 11.2. The minimum absolute atomic E-state index is 0.108. The van der Waals surface area contributed by atoms with Crippen LogP contribution in [0.1, 0.15) is 6.92 Å². The van der Waals surface area contributed by atoms with E-state index in [1.54, 1.807) is 0 Å². The normalized spacial score (nSPS) is 11.7. The molecule has 1 N–H and O–H groups in total. The monoisotopic (exact) mass is 258 g/mol. The lowest BCUT2D eigenvalue weighted by atomic mass is 10.2. The van der Waals surface area contributed by atoms with Gasteiger partial charge in [-0.1, -0.05) is 17.7 Å². The lowest BCUT2D eigenvalue weighted by Gasteiger charge is -2.13. The minimum atomic E-state index is -0.724. The lowest BCUT2D eigenvalue weighted by molar-refractivity contribution is -0.384. The third-order valence-electron chi connectivity index (χ3n) is 2.10. The molecule has 0 aliphatic carbocycles. The highest BCUT2D eigenvalue weighted by atomic mass is 35.5. The van der Waals surface area contributed by atoms with Gasteiger partial charge < -0.3 is 10.1 Å². The van der Waals surface area contributed by atoms with Crippen LogP contribution in [0.3, 0.4) is 0 Å². The summed E-state index contributed by atoms with van der Waals surface area (Å²) in [5.41, 5.74) is -0.0784. The number of esters is 1. The van der Waals surface area contributed by atoms with Gasteiger partial charge in [0.1, 0.15) is 11.7 Å². The van der Waals surface area contributed by atoms with E-state index in [-0.39, 0.29) is 16.4 Å². The number of rotatable bonds is 4. The Bertz CT molecular complexity index is 450. The van der Waals surface area contributed by atoms with Crippen LogP contribution in [0.15, 0.2) is 18.2 Å². The SMILES string of the molecule is COC(=O)C(C)Nc1c(Cl)cccc1[N+](=O)[O-]. The van der Waals surface area contributed by atoms with Gasteiger partial charge in [-0.3, -0.25) is 10.1 Å². The molecule has 0 bridgehead atoms. The van der Waals surface area contributed by atoms with E-state index in [9.17, 15) is 14.9 Å². The van der Waals surface area contributed by atoms with Gasteiger partial charge in [0.25, 0.3) is 5.69 Å². The summed E-state index contributed by atoms with van der Waals surface area (Å²) in [7, 11) is 1.24. The summed E-state index contributed by atoms with van der Waals surface area (Å²) < 4.78 is 4.51. The van der Waals surface area contributed by atoms with Gasteiger partial charge in [0.05, 0.1) is 17.1 Å². The number of nitro groups is 1. The molecule has 0 aliphatic heterocycles. The summed E-state index contributed by atoms with van der Waals surface area (Å²) >= 11 is 5.85. The van der Waals surface area contributed by atoms with Crippen molar-refractivity contribution < 1.29 is 14.5 Å². The fraction of sp³-hybridized carbons (Fsp3) is 0.300. The molecule has 0 aromatic heterocycles. The number of carbonyl (C=O) groups excluding carboxylic acids is 1. The third kappa shape index (κ3) is 3.07. The Morgan fingerprint density at radius 3 is 2.76 bits per heavy atom. The maximum atomic E-state index is 11.2. The molecular weight excluding hydrogens is 248 g/mol. The molecule has 0 amide bonds. The van der Waals surface area contributed by atoms with Crippen LogP contribution >= 0.6 is 11.6 Å². The van der Waals surface area contributed by atoms with Gasteiger partial charge >= 0.3 is 5.97 Å². The molecule has 92 valence electrons.